The fourth-order valence-corrected chi connectivity index (χ4v) is 3.55. The Hall–Kier alpha value is -3.34. The van der Waals surface area contributed by atoms with Crippen molar-refractivity contribution in [1.29, 1.82) is 0 Å². The molecular formula is C21H17N3O2. The van der Waals surface area contributed by atoms with E-state index >= 15 is 0 Å². The second-order valence-corrected chi connectivity index (χ2v) is 6.37. The van der Waals surface area contributed by atoms with Crippen LogP contribution in [-0.2, 0) is 0 Å². The van der Waals surface area contributed by atoms with Gasteiger partial charge in [0, 0.05) is 12.0 Å². The Kier molecular flexibility index (Phi) is 3.38. The topological polar surface area (TPSA) is 56.5 Å². The molecule has 0 saturated heterocycles. The lowest BCUT2D eigenvalue weighted by Crippen LogP contribution is -2.20. The standard InChI is InChI=1S/C21H17N3O2/c1-14-20(15-7-3-2-4-8-15)21-22-16(18-9-5-11-25-18)13-17(24(21)23-14)19-10-6-12-26-19/h2-12,17H,13H2,1H3. The summed E-state index contributed by atoms with van der Waals surface area (Å²) < 4.78 is 13.3. The van der Waals surface area contributed by atoms with Crippen LogP contribution in [0, 0.1) is 6.92 Å². The van der Waals surface area contributed by atoms with Gasteiger partial charge in [-0.05, 0) is 36.8 Å². The van der Waals surface area contributed by atoms with Crippen molar-refractivity contribution < 1.29 is 8.83 Å². The van der Waals surface area contributed by atoms with Crippen molar-refractivity contribution in [1.82, 2.24) is 9.78 Å². The van der Waals surface area contributed by atoms with Crippen LogP contribution in [0.2, 0.25) is 0 Å². The monoisotopic (exact) mass is 343 g/mol. The number of rotatable bonds is 3. The number of hydrogen-bond donors (Lipinski definition) is 0. The predicted molar refractivity (Wildman–Crippen MR) is 98.8 cm³/mol. The molecule has 128 valence electrons. The number of fused-ring (bicyclic) bond motifs is 1. The van der Waals surface area contributed by atoms with E-state index in [0.29, 0.717) is 6.42 Å². The van der Waals surface area contributed by atoms with Gasteiger partial charge in [-0.25, -0.2) is 9.67 Å². The van der Waals surface area contributed by atoms with Gasteiger partial charge in [-0.3, -0.25) is 0 Å². The number of aromatic nitrogens is 2. The van der Waals surface area contributed by atoms with Crippen LogP contribution in [0.15, 0.2) is 81.0 Å². The first-order valence-electron chi connectivity index (χ1n) is 8.60. The smallest absolute Gasteiger partial charge is 0.159 e. The molecule has 26 heavy (non-hydrogen) atoms. The third kappa shape index (κ3) is 2.32. The van der Waals surface area contributed by atoms with E-state index in [0.717, 1.165) is 39.9 Å². The molecule has 0 saturated carbocycles. The lowest BCUT2D eigenvalue weighted by molar-refractivity contribution is 0.407. The van der Waals surface area contributed by atoms with Crippen LogP contribution in [0.1, 0.15) is 29.7 Å². The molecule has 1 aliphatic heterocycles. The lowest BCUT2D eigenvalue weighted by atomic mass is 10.0. The molecule has 1 aliphatic rings. The van der Waals surface area contributed by atoms with E-state index < -0.39 is 0 Å². The number of aliphatic imine (C=N–C) groups is 1. The second-order valence-electron chi connectivity index (χ2n) is 6.37. The van der Waals surface area contributed by atoms with Crippen molar-refractivity contribution in [3.05, 3.63) is 84.3 Å². The number of hydrogen-bond acceptors (Lipinski definition) is 4. The van der Waals surface area contributed by atoms with Gasteiger partial charge in [0.2, 0.25) is 0 Å². The number of furan rings is 2. The second kappa shape index (κ2) is 5.88. The van der Waals surface area contributed by atoms with E-state index in [4.69, 9.17) is 18.9 Å². The summed E-state index contributed by atoms with van der Waals surface area (Å²) in [5, 5.41) is 4.80. The third-order valence-electron chi connectivity index (χ3n) is 4.72. The maximum absolute atomic E-state index is 5.70. The summed E-state index contributed by atoms with van der Waals surface area (Å²) in [7, 11) is 0. The molecule has 5 heteroatoms. The molecule has 0 bridgehead atoms. The Labute approximate surface area is 150 Å². The first-order valence-corrected chi connectivity index (χ1v) is 8.60. The van der Waals surface area contributed by atoms with Gasteiger partial charge >= 0.3 is 0 Å². The normalized spacial score (nSPS) is 16.3. The molecule has 4 aromatic rings. The summed E-state index contributed by atoms with van der Waals surface area (Å²) in [4.78, 5) is 4.93. The predicted octanol–water partition coefficient (Wildman–Crippen LogP) is 5.16. The van der Waals surface area contributed by atoms with Crippen LogP contribution in [0.4, 0.5) is 5.82 Å². The van der Waals surface area contributed by atoms with Gasteiger partial charge in [0.25, 0.3) is 0 Å². The quantitative estimate of drug-likeness (QED) is 0.516. The van der Waals surface area contributed by atoms with Crippen LogP contribution in [-0.4, -0.2) is 15.5 Å². The molecule has 1 unspecified atom stereocenters. The molecule has 0 N–H and O–H groups in total. The number of aryl methyl sites for hydroxylation is 1. The van der Waals surface area contributed by atoms with Gasteiger partial charge in [-0.1, -0.05) is 30.3 Å². The highest BCUT2D eigenvalue weighted by atomic mass is 16.3. The first kappa shape index (κ1) is 15.0. The Morgan fingerprint density at radius 3 is 2.50 bits per heavy atom. The van der Waals surface area contributed by atoms with Crippen molar-refractivity contribution in [3.63, 3.8) is 0 Å². The van der Waals surface area contributed by atoms with E-state index in [9.17, 15) is 0 Å². The summed E-state index contributed by atoms with van der Waals surface area (Å²) in [5.41, 5.74) is 4.01. The van der Waals surface area contributed by atoms with Gasteiger partial charge in [0.05, 0.1) is 23.9 Å². The molecule has 4 heterocycles. The van der Waals surface area contributed by atoms with Gasteiger partial charge in [0.1, 0.15) is 17.6 Å². The fourth-order valence-electron chi connectivity index (χ4n) is 3.55. The van der Waals surface area contributed by atoms with Crippen molar-refractivity contribution >= 4 is 11.5 Å². The minimum Gasteiger partial charge on any atom is -0.467 e. The van der Waals surface area contributed by atoms with E-state index in [1.165, 1.54) is 0 Å². The minimum atomic E-state index is -0.0474. The Morgan fingerprint density at radius 2 is 1.77 bits per heavy atom. The zero-order chi connectivity index (χ0) is 17.5. The summed E-state index contributed by atoms with van der Waals surface area (Å²) in [5.74, 6) is 2.49. The highest BCUT2D eigenvalue weighted by Crippen LogP contribution is 2.41. The van der Waals surface area contributed by atoms with Gasteiger partial charge in [-0.15, -0.1) is 0 Å². The van der Waals surface area contributed by atoms with Crippen LogP contribution in [0.25, 0.3) is 11.1 Å². The zero-order valence-corrected chi connectivity index (χ0v) is 14.3. The van der Waals surface area contributed by atoms with E-state index in [2.05, 4.69) is 12.1 Å². The molecule has 5 rings (SSSR count). The van der Waals surface area contributed by atoms with Crippen LogP contribution >= 0.6 is 0 Å². The van der Waals surface area contributed by atoms with Gasteiger partial charge in [-0.2, -0.15) is 5.10 Å². The van der Waals surface area contributed by atoms with E-state index in [1.807, 2.05) is 54.1 Å². The van der Waals surface area contributed by atoms with Gasteiger partial charge < -0.3 is 8.83 Å². The first-order chi connectivity index (χ1) is 12.8. The summed E-state index contributed by atoms with van der Waals surface area (Å²) in [6.07, 6.45) is 4.04. The molecule has 1 aromatic carbocycles. The van der Waals surface area contributed by atoms with E-state index in [1.54, 1.807) is 12.5 Å². The Balaban J connectivity index is 1.74. The molecule has 5 nitrogen and oxygen atoms in total. The zero-order valence-electron chi connectivity index (χ0n) is 14.3. The van der Waals surface area contributed by atoms with Crippen LogP contribution < -0.4 is 0 Å². The van der Waals surface area contributed by atoms with Gasteiger partial charge in [0.15, 0.2) is 5.82 Å². The molecule has 0 spiro atoms. The molecule has 0 fully saturated rings. The maximum atomic E-state index is 5.70. The molecule has 3 aromatic heterocycles. The molecular weight excluding hydrogens is 326 g/mol. The lowest BCUT2D eigenvalue weighted by Gasteiger charge is -2.22. The molecule has 0 amide bonds. The molecule has 1 atom stereocenters. The Morgan fingerprint density at radius 1 is 0.962 bits per heavy atom. The molecule has 0 radical (unpaired) electrons. The van der Waals surface area contributed by atoms with E-state index in [-0.39, 0.29) is 6.04 Å². The summed E-state index contributed by atoms with van der Waals surface area (Å²) >= 11 is 0. The SMILES string of the molecule is Cc1nn2c(c1-c1ccccc1)N=C(c1ccco1)CC2c1ccco1. The van der Waals surface area contributed by atoms with Crippen molar-refractivity contribution in [2.45, 2.75) is 19.4 Å². The molecule has 0 aliphatic carbocycles. The van der Waals surface area contributed by atoms with Crippen molar-refractivity contribution in [2.24, 2.45) is 4.99 Å². The highest BCUT2D eigenvalue weighted by molar-refractivity contribution is 6.02. The Bertz CT molecular complexity index is 1060. The van der Waals surface area contributed by atoms with Crippen LogP contribution in [0.3, 0.4) is 0 Å². The van der Waals surface area contributed by atoms with Crippen molar-refractivity contribution in [3.8, 4) is 11.1 Å². The average molecular weight is 343 g/mol. The minimum absolute atomic E-state index is 0.0474. The summed E-state index contributed by atoms with van der Waals surface area (Å²) in [6, 6.07) is 17.9. The third-order valence-corrected chi connectivity index (χ3v) is 4.72. The number of benzene rings is 1. The fraction of sp³-hybridized carbons (Fsp3) is 0.143. The summed E-state index contributed by atoms with van der Waals surface area (Å²) in [6.45, 7) is 2.02. The maximum Gasteiger partial charge on any atom is 0.159 e. The average Bonchev–Trinajstić information content (AvgIpc) is 3.42. The largest absolute Gasteiger partial charge is 0.467 e. The van der Waals surface area contributed by atoms with Crippen LogP contribution in [0.5, 0.6) is 0 Å². The number of nitrogens with zero attached hydrogens (tertiary/aromatic N) is 3. The van der Waals surface area contributed by atoms with Crippen molar-refractivity contribution in [2.75, 3.05) is 0 Å². The highest BCUT2D eigenvalue weighted by Gasteiger charge is 2.31.